The summed E-state index contributed by atoms with van der Waals surface area (Å²) in [5, 5.41) is 2.74. The standard InChI is InChI=1S/C8H8O.C5H9NO/c1-7(9)8-5-3-2-4-6-8;7-5-3-1-2-4-6-5/h2-6H,1H3;1-4H2,(H,6,7). The van der Waals surface area contributed by atoms with Crippen molar-refractivity contribution in [2.45, 2.75) is 26.2 Å². The van der Waals surface area contributed by atoms with Crippen molar-refractivity contribution in [3.05, 3.63) is 35.9 Å². The number of nitrogens with one attached hydrogen (secondary N) is 1. The molecule has 0 aromatic heterocycles. The third-order valence-corrected chi connectivity index (χ3v) is 2.33. The third-order valence-electron chi connectivity index (χ3n) is 2.33. The minimum atomic E-state index is 0.121. The van der Waals surface area contributed by atoms with E-state index in [2.05, 4.69) is 5.32 Å². The van der Waals surface area contributed by atoms with Gasteiger partial charge in [0.25, 0.3) is 0 Å². The largest absolute Gasteiger partial charge is 0.356 e. The molecule has 0 saturated carbocycles. The summed E-state index contributed by atoms with van der Waals surface area (Å²) in [6.07, 6.45) is 2.97. The normalized spacial score (nSPS) is 14.4. The maximum Gasteiger partial charge on any atom is 0.219 e. The van der Waals surface area contributed by atoms with Gasteiger partial charge in [0.15, 0.2) is 5.78 Å². The van der Waals surface area contributed by atoms with E-state index < -0.39 is 0 Å². The predicted octanol–water partition coefficient (Wildman–Crippen LogP) is 2.18. The van der Waals surface area contributed by atoms with Gasteiger partial charge >= 0.3 is 0 Å². The highest BCUT2D eigenvalue weighted by Crippen LogP contribution is 1.98. The van der Waals surface area contributed by atoms with Crippen molar-refractivity contribution in [1.82, 2.24) is 5.32 Å². The van der Waals surface area contributed by atoms with Crippen molar-refractivity contribution in [2.24, 2.45) is 0 Å². The lowest BCUT2D eigenvalue weighted by Gasteiger charge is -2.08. The van der Waals surface area contributed by atoms with Gasteiger partial charge in [0.2, 0.25) is 5.91 Å². The summed E-state index contributed by atoms with van der Waals surface area (Å²) in [4.78, 5) is 21.0. The van der Waals surface area contributed by atoms with E-state index in [0.29, 0.717) is 0 Å². The van der Waals surface area contributed by atoms with Crippen LogP contribution in [0.2, 0.25) is 0 Å². The molecule has 1 heterocycles. The van der Waals surface area contributed by atoms with E-state index in [1.807, 2.05) is 30.3 Å². The second-order valence-electron chi connectivity index (χ2n) is 3.73. The van der Waals surface area contributed by atoms with E-state index in [-0.39, 0.29) is 11.7 Å². The van der Waals surface area contributed by atoms with Crippen LogP contribution in [0, 0.1) is 0 Å². The van der Waals surface area contributed by atoms with Crippen LogP contribution in [0.3, 0.4) is 0 Å². The third kappa shape index (κ3) is 4.73. The molecule has 1 aliphatic rings. The Morgan fingerprint density at radius 1 is 1.19 bits per heavy atom. The number of benzene rings is 1. The number of piperidine rings is 1. The average molecular weight is 219 g/mol. The fourth-order valence-electron chi connectivity index (χ4n) is 1.40. The van der Waals surface area contributed by atoms with Gasteiger partial charge in [-0.2, -0.15) is 0 Å². The van der Waals surface area contributed by atoms with Crippen LogP contribution in [0.4, 0.5) is 0 Å². The molecule has 0 radical (unpaired) electrons. The number of carbonyl (C=O) groups excluding carboxylic acids is 2. The number of amides is 1. The maximum atomic E-state index is 10.6. The summed E-state index contributed by atoms with van der Waals surface area (Å²) in [6.45, 7) is 2.45. The van der Waals surface area contributed by atoms with Gasteiger partial charge in [-0.3, -0.25) is 9.59 Å². The Morgan fingerprint density at radius 3 is 2.19 bits per heavy atom. The zero-order chi connectivity index (χ0) is 11.8. The highest BCUT2D eigenvalue weighted by molar-refractivity contribution is 5.93. The lowest BCUT2D eigenvalue weighted by atomic mass is 10.2. The second-order valence-corrected chi connectivity index (χ2v) is 3.73. The fraction of sp³-hybridized carbons (Fsp3) is 0.385. The van der Waals surface area contributed by atoms with Crippen LogP contribution in [0.5, 0.6) is 0 Å². The van der Waals surface area contributed by atoms with Gasteiger partial charge in [-0.25, -0.2) is 0 Å². The Bertz CT molecular complexity index is 338. The van der Waals surface area contributed by atoms with Crippen molar-refractivity contribution in [1.29, 1.82) is 0 Å². The number of rotatable bonds is 1. The van der Waals surface area contributed by atoms with Gasteiger partial charge in [0.1, 0.15) is 0 Å². The number of ketones is 1. The first-order chi connectivity index (χ1) is 7.70. The zero-order valence-corrected chi connectivity index (χ0v) is 9.53. The molecule has 1 saturated heterocycles. The summed E-state index contributed by atoms with van der Waals surface area (Å²) >= 11 is 0. The molecule has 2 rings (SSSR count). The van der Waals surface area contributed by atoms with Crippen molar-refractivity contribution in [3.63, 3.8) is 0 Å². The monoisotopic (exact) mass is 219 g/mol. The fourth-order valence-corrected chi connectivity index (χ4v) is 1.40. The molecule has 16 heavy (non-hydrogen) atoms. The van der Waals surface area contributed by atoms with Crippen LogP contribution in [0.1, 0.15) is 36.5 Å². The Balaban J connectivity index is 0.000000165. The van der Waals surface area contributed by atoms with Crippen molar-refractivity contribution in [3.8, 4) is 0 Å². The van der Waals surface area contributed by atoms with E-state index in [1.54, 1.807) is 6.92 Å². The lowest BCUT2D eigenvalue weighted by molar-refractivity contribution is -0.122. The van der Waals surface area contributed by atoms with Gasteiger partial charge < -0.3 is 5.32 Å². The first-order valence-corrected chi connectivity index (χ1v) is 5.53. The number of Topliss-reactive ketones (excluding diaryl/α,β-unsaturated/α-hetero) is 1. The summed E-state index contributed by atoms with van der Waals surface area (Å²) in [6, 6.07) is 9.23. The van der Waals surface area contributed by atoms with Crippen molar-refractivity contribution in [2.75, 3.05) is 6.54 Å². The molecule has 1 aliphatic heterocycles. The molecule has 0 aliphatic carbocycles. The van der Waals surface area contributed by atoms with Crippen LogP contribution in [0.15, 0.2) is 30.3 Å². The Morgan fingerprint density at radius 2 is 1.88 bits per heavy atom. The molecule has 1 N–H and O–H groups in total. The summed E-state index contributed by atoms with van der Waals surface area (Å²) in [5.41, 5.74) is 0.775. The van der Waals surface area contributed by atoms with Crippen LogP contribution < -0.4 is 5.32 Å². The molecule has 1 aromatic carbocycles. The summed E-state index contributed by atoms with van der Waals surface area (Å²) in [7, 11) is 0. The molecule has 0 unspecified atom stereocenters. The van der Waals surface area contributed by atoms with Gasteiger partial charge in [0.05, 0.1) is 0 Å². The Hall–Kier alpha value is -1.64. The predicted molar refractivity (Wildman–Crippen MR) is 63.3 cm³/mol. The second kappa shape index (κ2) is 6.77. The van der Waals surface area contributed by atoms with Gasteiger partial charge in [0, 0.05) is 18.5 Å². The van der Waals surface area contributed by atoms with E-state index in [1.165, 1.54) is 0 Å². The molecule has 1 fully saturated rings. The zero-order valence-electron chi connectivity index (χ0n) is 9.53. The quantitative estimate of drug-likeness (QED) is 0.736. The number of hydrogen-bond acceptors (Lipinski definition) is 2. The summed E-state index contributed by atoms with van der Waals surface area (Å²) < 4.78 is 0. The average Bonchev–Trinajstić information content (AvgIpc) is 2.32. The Kier molecular flexibility index (Phi) is 5.26. The van der Waals surface area contributed by atoms with E-state index in [4.69, 9.17) is 0 Å². The highest BCUT2D eigenvalue weighted by Gasteiger charge is 2.04. The van der Waals surface area contributed by atoms with Crippen molar-refractivity contribution < 1.29 is 9.59 Å². The summed E-state index contributed by atoms with van der Waals surface area (Å²) in [5.74, 6) is 0.335. The van der Waals surface area contributed by atoms with Crippen LogP contribution in [-0.2, 0) is 4.79 Å². The number of hydrogen-bond donors (Lipinski definition) is 1. The van der Waals surface area contributed by atoms with Gasteiger partial charge in [-0.15, -0.1) is 0 Å². The molecule has 0 spiro atoms. The molecule has 1 amide bonds. The minimum Gasteiger partial charge on any atom is -0.356 e. The first-order valence-electron chi connectivity index (χ1n) is 5.53. The van der Waals surface area contributed by atoms with E-state index in [0.717, 1.165) is 31.4 Å². The van der Waals surface area contributed by atoms with Gasteiger partial charge in [-0.1, -0.05) is 30.3 Å². The van der Waals surface area contributed by atoms with E-state index >= 15 is 0 Å². The smallest absolute Gasteiger partial charge is 0.219 e. The van der Waals surface area contributed by atoms with Crippen molar-refractivity contribution >= 4 is 11.7 Å². The molecule has 3 heteroatoms. The molecule has 0 atom stereocenters. The highest BCUT2D eigenvalue weighted by atomic mass is 16.1. The molecular weight excluding hydrogens is 202 g/mol. The molecular formula is C13H17NO2. The van der Waals surface area contributed by atoms with Crippen LogP contribution >= 0.6 is 0 Å². The lowest BCUT2D eigenvalue weighted by Crippen LogP contribution is -2.28. The molecule has 3 nitrogen and oxygen atoms in total. The van der Waals surface area contributed by atoms with Gasteiger partial charge in [-0.05, 0) is 19.8 Å². The van der Waals surface area contributed by atoms with Crippen LogP contribution in [-0.4, -0.2) is 18.2 Å². The molecule has 86 valence electrons. The SMILES string of the molecule is CC(=O)c1ccccc1.O=C1CCCCN1. The molecule has 1 aromatic rings. The molecule has 0 bridgehead atoms. The van der Waals surface area contributed by atoms with E-state index in [9.17, 15) is 9.59 Å². The minimum absolute atomic E-state index is 0.121. The maximum absolute atomic E-state index is 10.6. The first kappa shape index (κ1) is 12.4. The van der Waals surface area contributed by atoms with Crippen LogP contribution in [0.25, 0.3) is 0 Å². The number of carbonyl (C=O) groups is 2. The topological polar surface area (TPSA) is 46.2 Å². The Labute approximate surface area is 95.9 Å².